The van der Waals surface area contributed by atoms with Crippen LogP contribution in [0.4, 0.5) is 0 Å². The van der Waals surface area contributed by atoms with Gasteiger partial charge in [-0.15, -0.1) is 0 Å². The molecule has 4 heteroatoms. The lowest BCUT2D eigenvalue weighted by atomic mass is 10.0. The molecule has 4 unspecified atom stereocenters. The first-order chi connectivity index (χ1) is 9.93. The van der Waals surface area contributed by atoms with Crippen LogP contribution in [0, 0.1) is 0 Å². The lowest BCUT2D eigenvalue weighted by Gasteiger charge is -2.36. The van der Waals surface area contributed by atoms with E-state index in [-0.39, 0.29) is 12.1 Å². The van der Waals surface area contributed by atoms with E-state index < -0.39 is 6.10 Å². The maximum absolute atomic E-state index is 9.88. The van der Waals surface area contributed by atoms with E-state index in [4.69, 9.17) is 5.73 Å². The van der Waals surface area contributed by atoms with Crippen molar-refractivity contribution in [3.05, 3.63) is 0 Å². The Morgan fingerprint density at radius 2 is 1.57 bits per heavy atom. The van der Waals surface area contributed by atoms with Crippen LogP contribution in [0.5, 0.6) is 0 Å². The molecule has 0 aromatic rings. The van der Waals surface area contributed by atoms with Crippen LogP contribution in [0.25, 0.3) is 0 Å². The first-order valence-electron chi connectivity index (χ1n) is 8.75. The van der Waals surface area contributed by atoms with Crippen molar-refractivity contribution < 1.29 is 10.2 Å². The fourth-order valence-electron chi connectivity index (χ4n) is 2.73. The maximum atomic E-state index is 9.88. The molecule has 0 amide bonds. The number of rotatable bonds is 13. The molecule has 0 heterocycles. The van der Waals surface area contributed by atoms with Gasteiger partial charge in [-0.3, -0.25) is 4.90 Å². The second-order valence-corrected chi connectivity index (χ2v) is 6.45. The number of aliphatic hydroxyl groups excluding tert-OH is 2. The van der Waals surface area contributed by atoms with Gasteiger partial charge in [0.2, 0.25) is 0 Å². The first kappa shape index (κ1) is 20.8. The summed E-state index contributed by atoms with van der Waals surface area (Å²) in [4.78, 5) is 2.32. The molecule has 0 saturated carbocycles. The number of hydrogen-bond acceptors (Lipinski definition) is 4. The van der Waals surface area contributed by atoms with Gasteiger partial charge < -0.3 is 15.9 Å². The molecule has 128 valence electrons. The molecular weight excluding hydrogens is 264 g/mol. The van der Waals surface area contributed by atoms with Crippen LogP contribution in [-0.4, -0.2) is 52.5 Å². The number of unbranched alkanes of at least 4 members (excludes halogenated alkanes) is 4. The predicted octanol–water partition coefficient (Wildman–Crippen LogP) is 2.52. The normalized spacial score (nSPS) is 17.7. The Balaban J connectivity index is 4.28. The number of nitrogens with zero attached hydrogens (tertiary/aromatic N) is 1. The summed E-state index contributed by atoms with van der Waals surface area (Å²) < 4.78 is 0. The zero-order valence-electron chi connectivity index (χ0n) is 14.6. The van der Waals surface area contributed by atoms with Crippen molar-refractivity contribution in [2.24, 2.45) is 5.73 Å². The molecule has 4 atom stereocenters. The SMILES string of the molecule is CCCCCCCC(C)N(CCC(O)CN)C(C)C(C)O. The molecule has 0 aromatic carbocycles. The Hall–Kier alpha value is -0.160. The van der Waals surface area contributed by atoms with Crippen molar-refractivity contribution in [2.45, 2.75) is 96.9 Å². The molecule has 0 aliphatic carbocycles. The third-order valence-corrected chi connectivity index (χ3v) is 4.51. The van der Waals surface area contributed by atoms with E-state index in [9.17, 15) is 10.2 Å². The topological polar surface area (TPSA) is 69.7 Å². The second-order valence-electron chi connectivity index (χ2n) is 6.45. The molecule has 0 aromatic heterocycles. The van der Waals surface area contributed by atoms with Crippen LogP contribution in [-0.2, 0) is 0 Å². The van der Waals surface area contributed by atoms with Crippen molar-refractivity contribution in [1.82, 2.24) is 4.90 Å². The molecular formula is C17H38N2O2. The minimum Gasteiger partial charge on any atom is -0.392 e. The molecule has 0 rings (SSSR count). The smallest absolute Gasteiger partial charge is 0.0674 e. The Labute approximate surface area is 131 Å². The highest BCUT2D eigenvalue weighted by atomic mass is 16.3. The van der Waals surface area contributed by atoms with Crippen molar-refractivity contribution in [2.75, 3.05) is 13.1 Å². The minimum atomic E-state index is -0.439. The van der Waals surface area contributed by atoms with E-state index in [1.807, 2.05) is 6.92 Å². The first-order valence-corrected chi connectivity index (χ1v) is 8.75. The lowest BCUT2D eigenvalue weighted by Crippen LogP contribution is -2.47. The van der Waals surface area contributed by atoms with Gasteiger partial charge in [0.05, 0.1) is 12.2 Å². The fourth-order valence-corrected chi connectivity index (χ4v) is 2.73. The molecule has 0 aliphatic heterocycles. The highest BCUT2D eigenvalue weighted by molar-refractivity contribution is 4.78. The fraction of sp³-hybridized carbons (Fsp3) is 1.00. The van der Waals surface area contributed by atoms with E-state index >= 15 is 0 Å². The van der Waals surface area contributed by atoms with E-state index in [1.54, 1.807) is 0 Å². The van der Waals surface area contributed by atoms with Crippen molar-refractivity contribution in [3.63, 3.8) is 0 Å². The van der Waals surface area contributed by atoms with Gasteiger partial charge in [0.1, 0.15) is 0 Å². The summed E-state index contributed by atoms with van der Waals surface area (Å²) in [5.74, 6) is 0. The average Bonchev–Trinajstić information content (AvgIpc) is 2.46. The molecule has 0 radical (unpaired) electrons. The molecule has 21 heavy (non-hydrogen) atoms. The molecule has 0 spiro atoms. The second kappa shape index (κ2) is 12.4. The quantitative estimate of drug-likeness (QED) is 0.457. The van der Waals surface area contributed by atoms with Gasteiger partial charge >= 0.3 is 0 Å². The Bertz CT molecular complexity index is 237. The van der Waals surface area contributed by atoms with Gasteiger partial charge in [-0.1, -0.05) is 39.0 Å². The largest absolute Gasteiger partial charge is 0.392 e. The van der Waals surface area contributed by atoms with Gasteiger partial charge in [0.25, 0.3) is 0 Å². The van der Waals surface area contributed by atoms with Crippen LogP contribution < -0.4 is 5.73 Å². The van der Waals surface area contributed by atoms with Gasteiger partial charge in [-0.2, -0.15) is 0 Å². The summed E-state index contributed by atoms with van der Waals surface area (Å²) in [5.41, 5.74) is 5.48. The van der Waals surface area contributed by atoms with Gasteiger partial charge in [-0.25, -0.2) is 0 Å². The highest BCUT2D eigenvalue weighted by Crippen LogP contribution is 2.17. The van der Waals surface area contributed by atoms with E-state index in [0.717, 1.165) is 13.0 Å². The van der Waals surface area contributed by atoms with Crippen LogP contribution in [0.15, 0.2) is 0 Å². The lowest BCUT2D eigenvalue weighted by molar-refractivity contribution is 0.0333. The Morgan fingerprint density at radius 3 is 2.10 bits per heavy atom. The zero-order valence-corrected chi connectivity index (χ0v) is 14.6. The van der Waals surface area contributed by atoms with Crippen LogP contribution in [0.2, 0.25) is 0 Å². The standard InChI is InChI=1S/C17H38N2O2/c1-5-6-7-8-9-10-14(2)19(15(3)16(4)20)12-11-17(21)13-18/h14-17,20-21H,5-13,18H2,1-4H3. The number of nitrogens with two attached hydrogens (primary N) is 1. The van der Waals surface area contributed by atoms with Gasteiger partial charge in [0, 0.05) is 25.2 Å². The summed E-state index contributed by atoms with van der Waals surface area (Å²) in [7, 11) is 0. The van der Waals surface area contributed by atoms with Crippen molar-refractivity contribution in [3.8, 4) is 0 Å². The summed E-state index contributed by atoms with van der Waals surface area (Å²) in [5, 5.41) is 19.5. The molecule has 0 aliphatic rings. The molecule has 4 N–H and O–H groups in total. The Kier molecular flexibility index (Phi) is 12.3. The van der Waals surface area contributed by atoms with Crippen molar-refractivity contribution in [1.29, 1.82) is 0 Å². The summed E-state index contributed by atoms with van der Waals surface area (Å²) in [6.45, 7) is 9.46. The third-order valence-electron chi connectivity index (χ3n) is 4.51. The average molecular weight is 303 g/mol. The zero-order chi connectivity index (χ0) is 16.3. The molecule has 0 saturated heterocycles. The summed E-state index contributed by atoms with van der Waals surface area (Å²) in [6.07, 6.45) is 7.48. The van der Waals surface area contributed by atoms with Gasteiger partial charge in [-0.05, 0) is 33.6 Å². The van der Waals surface area contributed by atoms with Crippen LogP contribution >= 0.6 is 0 Å². The molecule has 4 nitrogen and oxygen atoms in total. The summed E-state index contributed by atoms with van der Waals surface area (Å²) >= 11 is 0. The number of aliphatic hydroxyl groups is 2. The minimum absolute atomic E-state index is 0.112. The Morgan fingerprint density at radius 1 is 0.952 bits per heavy atom. The summed E-state index contributed by atoms with van der Waals surface area (Å²) in [6, 6.07) is 0.543. The monoisotopic (exact) mass is 302 g/mol. The van der Waals surface area contributed by atoms with Crippen molar-refractivity contribution >= 4 is 0 Å². The number of hydrogen-bond donors (Lipinski definition) is 3. The maximum Gasteiger partial charge on any atom is 0.0674 e. The van der Waals surface area contributed by atoms with Crippen LogP contribution in [0.3, 0.4) is 0 Å². The van der Waals surface area contributed by atoms with Crippen LogP contribution in [0.1, 0.15) is 72.6 Å². The molecule has 0 bridgehead atoms. The van der Waals surface area contributed by atoms with E-state index in [2.05, 4.69) is 25.7 Å². The van der Waals surface area contributed by atoms with E-state index in [1.165, 1.54) is 32.1 Å². The van der Waals surface area contributed by atoms with Gasteiger partial charge in [0.15, 0.2) is 0 Å². The molecule has 0 fully saturated rings. The third kappa shape index (κ3) is 9.46. The van der Waals surface area contributed by atoms with E-state index in [0.29, 0.717) is 19.0 Å². The highest BCUT2D eigenvalue weighted by Gasteiger charge is 2.23. The predicted molar refractivity (Wildman–Crippen MR) is 90.4 cm³/mol.